The van der Waals surface area contributed by atoms with Gasteiger partial charge >= 0.3 is 13.8 Å². The Bertz CT molecular complexity index is 727. The lowest BCUT2D eigenvalue weighted by molar-refractivity contribution is -0.154. The zero-order valence-electron chi connectivity index (χ0n) is 32.5. The maximum absolute atomic E-state index is 12.5. The smallest absolute Gasteiger partial charge is 0.457 e. The van der Waals surface area contributed by atoms with Crippen molar-refractivity contribution < 1.29 is 32.8 Å². The first-order valence-corrected chi connectivity index (χ1v) is 22.5. The summed E-state index contributed by atoms with van der Waals surface area (Å²) in [6.45, 7) is 4.97. The van der Waals surface area contributed by atoms with E-state index in [0.29, 0.717) is 13.0 Å². The molecule has 0 spiro atoms. The van der Waals surface area contributed by atoms with Gasteiger partial charge in [-0.25, -0.2) is 4.57 Å². The van der Waals surface area contributed by atoms with E-state index < -0.39 is 13.9 Å². The van der Waals surface area contributed by atoms with Crippen LogP contribution in [0.1, 0.15) is 213 Å². The monoisotopic (exact) mass is 720 g/mol. The molecule has 2 unspecified atom stereocenters. The van der Waals surface area contributed by atoms with E-state index in [1.54, 1.807) is 0 Å². The highest BCUT2D eigenvalue weighted by atomic mass is 31.2. The molecule has 8 nitrogen and oxygen atoms in total. The van der Waals surface area contributed by atoms with Crippen LogP contribution in [0.4, 0.5) is 0 Å². The first-order chi connectivity index (χ1) is 23.9. The summed E-state index contributed by atoms with van der Waals surface area (Å²) in [5.74, 6) is -0.326. The van der Waals surface area contributed by atoms with Gasteiger partial charge < -0.3 is 20.1 Å². The van der Waals surface area contributed by atoms with Gasteiger partial charge in [0.2, 0.25) is 0 Å². The van der Waals surface area contributed by atoms with Crippen LogP contribution < -0.4 is 5.73 Å². The second-order valence-electron chi connectivity index (χ2n) is 14.2. The van der Waals surface area contributed by atoms with E-state index in [0.717, 1.165) is 32.1 Å². The molecule has 0 saturated heterocycles. The molecule has 0 aliphatic rings. The number of hydrogen-bond acceptors (Lipinski definition) is 7. The predicted octanol–water partition coefficient (Wildman–Crippen LogP) is 12.1. The number of carbonyl (C=O) groups is 1. The standard InChI is InChI=1S/C40H82NO7P/c1-3-5-7-9-11-13-15-17-18-19-20-21-22-24-26-28-30-32-35-45-37-39(38-47-49(43,44)46-36-34-41)48-40(42)33-31-29-27-25-23-16-14-12-10-8-6-4-2/h39H,3-38,41H2,1-2H3,(H,43,44). The van der Waals surface area contributed by atoms with Gasteiger partial charge in [0.1, 0.15) is 6.10 Å². The highest BCUT2D eigenvalue weighted by Gasteiger charge is 2.25. The molecule has 2 atom stereocenters. The number of esters is 1. The molecule has 0 aliphatic heterocycles. The largest absolute Gasteiger partial charge is 0.472 e. The van der Waals surface area contributed by atoms with Gasteiger partial charge in [0.25, 0.3) is 0 Å². The molecular weight excluding hydrogens is 637 g/mol. The van der Waals surface area contributed by atoms with Gasteiger partial charge in [0.15, 0.2) is 0 Å². The molecule has 9 heteroatoms. The fourth-order valence-corrected chi connectivity index (χ4v) is 6.94. The minimum absolute atomic E-state index is 0.0902. The Morgan fingerprint density at radius 3 is 1.29 bits per heavy atom. The molecule has 0 aromatic carbocycles. The lowest BCUT2D eigenvalue weighted by Crippen LogP contribution is -2.28. The van der Waals surface area contributed by atoms with Crippen molar-refractivity contribution in [3.63, 3.8) is 0 Å². The molecule has 0 amide bonds. The van der Waals surface area contributed by atoms with Gasteiger partial charge in [-0.3, -0.25) is 13.8 Å². The maximum Gasteiger partial charge on any atom is 0.472 e. The molecule has 0 fully saturated rings. The van der Waals surface area contributed by atoms with Crippen LogP contribution in [0.2, 0.25) is 0 Å². The summed E-state index contributed by atoms with van der Waals surface area (Å²) in [6.07, 6.45) is 38.3. The van der Waals surface area contributed by atoms with Gasteiger partial charge in [0, 0.05) is 19.6 Å². The number of unbranched alkanes of at least 4 members (excludes halogenated alkanes) is 28. The van der Waals surface area contributed by atoms with Gasteiger partial charge in [0.05, 0.1) is 19.8 Å². The highest BCUT2D eigenvalue weighted by molar-refractivity contribution is 7.47. The van der Waals surface area contributed by atoms with Crippen LogP contribution in [0.3, 0.4) is 0 Å². The Balaban J connectivity index is 3.96. The zero-order chi connectivity index (χ0) is 35.9. The Hall–Kier alpha value is -0.500. The molecule has 0 aromatic heterocycles. The molecule has 0 radical (unpaired) electrons. The first-order valence-electron chi connectivity index (χ1n) is 21.0. The summed E-state index contributed by atoms with van der Waals surface area (Å²) in [7, 11) is -4.26. The van der Waals surface area contributed by atoms with Gasteiger partial charge in [-0.1, -0.05) is 194 Å². The average molecular weight is 720 g/mol. The van der Waals surface area contributed by atoms with Crippen molar-refractivity contribution in [1.82, 2.24) is 0 Å². The Kier molecular flexibility index (Phi) is 38.3. The van der Waals surface area contributed by atoms with Crippen molar-refractivity contribution in [2.24, 2.45) is 5.73 Å². The minimum atomic E-state index is -4.26. The van der Waals surface area contributed by atoms with Crippen molar-refractivity contribution in [3.05, 3.63) is 0 Å². The number of phosphoric ester groups is 1. The van der Waals surface area contributed by atoms with E-state index in [2.05, 4.69) is 13.8 Å². The third-order valence-electron chi connectivity index (χ3n) is 9.27. The molecule has 0 bridgehead atoms. The Labute approximate surface area is 303 Å². The summed E-state index contributed by atoms with van der Waals surface area (Å²) in [5.41, 5.74) is 5.36. The summed E-state index contributed by atoms with van der Waals surface area (Å²) < 4.78 is 33.4. The fraction of sp³-hybridized carbons (Fsp3) is 0.975. The van der Waals surface area contributed by atoms with E-state index in [1.165, 1.54) is 161 Å². The number of hydrogen-bond donors (Lipinski definition) is 2. The van der Waals surface area contributed by atoms with Crippen LogP contribution in [-0.2, 0) is 27.9 Å². The first kappa shape index (κ1) is 48.5. The van der Waals surface area contributed by atoms with Gasteiger partial charge in [-0.2, -0.15) is 0 Å². The van der Waals surface area contributed by atoms with Crippen molar-refractivity contribution in [3.8, 4) is 0 Å². The number of rotatable bonds is 41. The molecule has 49 heavy (non-hydrogen) atoms. The topological polar surface area (TPSA) is 117 Å². The van der Waals surface area contributed by atoms with Crippen LogP contribution in [0.15, 0.2) is 0 Å². The molecule has 0 heterocycles. The lowest BCUT2D eigenvalue weighted by atomic mass is 10.0. The number of nitrogens with two attached hydrogens (primary N) is 1. The van der Waals surface area contributed by atoms with Crippen molar-refractivity contribution >= 4 is 13.8 Å². The zero-order valence-corrected chi connectivity index (χ0v) is 33.3. The second-order valence-corrected chi connectivity index (χ2v) is 15.7. The number of carbonyl (C=O) groups excluding carboxylic acids is 1. The molecule has 294 valence electrons. The SMILES string of the molecule is CCCCCCCCCCCCCCCCCCCCOCC(COP(=O)(O)OCCN)OC(=O)CCCCCCCCCCCCCC. The third-order valence-corrected chi connectivity index (χ3v) is 10.3. The Morgan fingerprint density at radius 1 is 0.531 bits per heavy atom. The second kappa shape index (κ2) is 38.7. The van der Waals surface area contributed by atoms with E-state index in [9.17, 15) is 14.3 Å². The fourth-order valence-electron chi connectivity index (χ4n) is 6.17. The lowest BCUT2D eigenvalue weighted by Gasteiger charge is -2.20. The van der Waals surface area contributed by atoms with Crippen molar-refractivity contribution in [2.75, 3.05) is 33.0 Å². The van der Waals surface area contributed by atoms with Crippen LogP contribution in [0.25, 0.3) is 0 Å². The number of ether oxygens (including phenoxy) is 2. The molecule has 3 N–H and O–H groups in total. The minimum Gasteiger partial charge on any atom is -0.457 e. The van der Waals surface area contributed by atoms with Gasteiger partial charge in [-0.05, 0) is 12.8 Å². The summed E-state index contributed by atoms with van der Waals surface area (Å²) in [5, 5.41) is 0. The van der Waals surface area contributed by atoms with E-state index in [4.69, 9.17) is 24.3 Å². The molecule has 0 aliphatic carbocycles. The predicted molar refractivity (Wildman–Crippen MR) is 206 cm³/mol. The van der Waals surface area contributed by atoms with E-state index in [1.807, 2.05) is 0 Å². The number of phosphoric acid groups is 1. The maximum atomic E-state index is 12.5. The molecule has 0 aromatic rings. The quantitative estimate of drug-likeness (QED) is 0.0364. The summed E-state index contributed by atoms with van der Waals surface area (Å²) in [6, 6.07) is 0. The average Bonchev–Trinajstić information content (AvgIpc) is 3.09. The molecule has 0 saturated carbocycles. The van der Waals surface area contributed by atoms with Gasteiger partial charge in [-0.15, -0.1) is 0 Å². The van der Waals surface area contributed by atoms with E-state index in [-0.39, 0.29) is 32.3 Å². The van der Waals surface area contributed by atoms with E-state index >= 15 is 0 Å². The van der Waals surface area contributed by atoms with Crippen LogP contribution in [-0.4, -0.2) is 49.9 Å². The van der Waals surface area contributed by atoms with Crippen LogP contribution >= 0.6 is 7.82 Å². The van der Waals surface area contributed by atoms with Crippen LogP contribution in [0, 0.1) is 0 Å². The molecule has 0 rings (SSSR count). The third kappa shape index (κ3) is 38.6. The van der Waals surface area contributed by atoms with Crippen LogP contribution in [0.5, 0.6) is 0 Å². The Morgan fingerprint density at radius 2 is 0.898 bits per heavy atom. The van der Waals surface area contributed by atoms with Crippen molar-refractivity contribution in [1.29, 1.82) is 0 Å². The van der Waals surface area contributed by atoms with Crippen molar-refractivity contribution in [2.45, 2.75) is 219 Å². The summed E-state index contributed by atoms with van der Waals surface area (Å²) >= 11 is 0. The normalized spacial score (nSPS) is 13.5. The highest BCUT2D eigenvalue weighted by Crippen LogP contribution is 2.43. The summed E-state index contributed by atoms with van der Waals surface area (Å²) in [4.78, 5) is 22.4. The molecular formula is C40H82NO7P.